The van der Waals surface area contributed by atoms with Gasteiger partial charge in [0.05, 0.1) is 25.4 Å². The minimum Gasteiger partial charge on any atom is -0.478 e. The smallest absolute Gasteiger partial charge is 0.239 e. The number of aromatic nitrogens is 1. The Bertz CT molecular complexity index is 1650. The molecule has 0 radical (unpaired) electrons. The Labute approximate surface area is 339 Å². The van der Waals surface area contributed by atoms with Gasteiger partial charge in [-0.05, 0) is 82.2 Å². The zero-order valence-electron chi connectivity index (χ0n) is 34.8. The minimum absolute atomic E-state index is 0.000490. The Morgan fingerprint density at radius 3 is 2.18 bits per heavy atom. The van der Waals surface area contributed by atoms with Gasteiger partial charge in [-0.1, -0.05) is 88.4 Å². The molecule has 1 aliphatic rings. The largest absolute Gasteiger partial charge is 0.478 e. The van der Waals surface area contributed by atoms with E-state index in [9.17, 15) is 14.4 Å². The number of carbonyl (C=O) groups excluding carboxylic acids is 3. The van der Waals surface area contributed by atoms with E-state index in [4.69, 9.17) is 9.72 Å². The van der Waals surface area contributed by atoms with Crippen LogP contribution in [0.3, 0.4) is 0 Å². The number of rotatable bonds is 26. The lowest BCUT2D eigenvalue weighted by molar-refractivity contribution is -0.136. The number of ether oxygens (including phenoxy) is 1. The summed E-state index contributed by atoms with van der Waals surface area (Å²) >= 11 is 0. The maximum atomic E-state index is 12.7. The third kappa shape index (κ3) is 15.5. The van der Waals surface area contributed by atoms with Gasteiger partial charge in [0.15, 0.2) is 0 Å². The number of nitrogens with zero attached hydrogens (tertiary/aromatic N) is 5. The third-order valence-corrected chi connectivity index (χ3v) is 9.86. The topological polar surface area (TPSA) is 144 Å². The number of hydrazone groups is 1. The average Bonchev–Trinajstić information content (AvgIpc) is 3.69. The van der Waals surface area contributed by atoms with Gasteiger partial charge in [-0.15, -0.1) is 10.6 Å². The number of likely N-dealkylation sites (N-methyl/N-ethyl adjacent to an activating group) is 1. The predicted molar refractivity (Wildman–Crippen MR) is 228 cm³/mol. The summed E-state index contributed by atoms with van der Waals surface area (Å²) in [6, 6.07) is 24.6. The molecule has 13 heteroatoms. The van der Waals surface area contributed by atoms with Crippen LogP contribution in [0.5, 0.6) is 5.88 Å². The fourth-order valence-corrected chi connectivity index (χ4v) is 6.79. The molecule has 3 aromatic rings. The number of hydrogen-bond acceptors (Lipinski definition) is 10. The monoisotopic (exact) mass is 784 g/mol. The van der Waals surface area contributed by atoms with E-state index in [1.807, 2.05) is 66.3 Å². The molecule has 1 aliphatic heterocycles. The van der Waals surface area contributed by atoms with Crippen molar-refractivity contribution in [2.24, 2.45) is 10.5 Å². The zero-order valence-corrected chi connectivity index (χ0v) is 34.8. The Morgan fingerprint density at radius 1 is 0.789 bits per heavy atom. The number of pyridine rings is 1. The Balaban J connectivity index is 1.10. The molecule has 0 saturated heterocycles. The van der Waals surface area contributed by atoms with Gasteiger partial charge in [0.1, 0.15) is 5.84 Å². The van der Waals surface area contributed by atoms with Crippen molar-refractivity contribution in [2.45, 2.75) is 85.5 Å². The van der Waals surface area contributed by atoms with Crippen LogP contribution in [0, 0.1) is 5.41 Å². The Morgan fingerprint density at radius 2 is 1.47 bits per heavy atom. The second-order valence-electron chi connectivity index (χ2n) is 15.4. The van der Waals surface area contributed by atoms with E-state index in [-0.39, 0.29) is 29.7 Å². The van der Waals surface area contributed by atoms with Crippen LogP contribution in [0.4, 0.5) is 0 Å². The summed E-state index contributed by atoms with van der Waals surface area (Å²) in [5.41, 5.74) is 10.0. The first-order valence-electron chi connectivity index (χ1n) is 20.7. The molecule has 0 unspecified atom stereocenters. The van der Waals surface area contributed by atoms with E-state index in [2.05, 4.69) is 77.9 Å². The summed E-state index contributed by atoms with van der Waals surface area (Å²) in [5, 5.41) is 12.4. The molecule has 0 fully saturated rings. The number of unbranched alkanes of at least 4 members (excludes halogenated alkanes) is 2. The first kappa shape index (κ1) is 44.7. The van der Waals surface area contributed by atoms with Crippen LogP contribution in [0.1, 0.15) is 85.5 Å². The molecule has 4 rings (SSSR count). The van der Waals surface area contributed by atoms with Gasteiger partial charge >= 0.3 is 0 Å². The zero-order chi connectivity index (χ0) is 40.9. The quantitative estimate of drug-likeness (QED) is 0.0721. The number of hydrogen-bond donors (Lipinski definition) is 4. The van der Waals surface area contributed by atoms with Gasteiger partial charge < -0.3 is 20.3 Å². The molecule has 13 nitrogen and oxygen atoms in total. The average molecular weight is 784 g/mol. The summed E-state index contributed by atoms with van der Waals surface area (Å²) in [4.78, 5) is 46.1. The van der Waals surface area contributed by atoms with Crippen molar-refractivity contribution in [2.75, 3.05) is 59.5 Å². The van der Waals surface area contributed by atoms with E-state index in [0.29, 0.717) is 51.5 Å². The normalized spacial score (nSPS) is 12.6. The van der Waals surface area contributed by atoms with Crippen molar-refractivity contribution in [3.8, 4) is 28.3 Å². The molecule has 4 N–H and O–H groups in total. The van der Waals surface area contributed by atoms with Gasteiger partial charge in [0, 0.05) is 49.6 Å². The van der Waals surface area contributed by atoms with E-state index in [1.165, 1.54) is 0 Å². The van der Waals surface area contributed by atoms with Gasteiger partial charge in [-0.3, -0.25) is 24.3 Å². The van der Waals surface area contributed by atoms with Gasteiger partial charge in [0.2, 0.25) is 23.6 Å². The van der Waals surface area contributed by atoms with Crippen LogP contribution >= 0.6 is 0 Å². The van der Waals surface area contributed by atoms with Crippen LogP contribution in [0.25, 0.3) is 22.4 Å². The lowest BCUT2D eigenvalue weighted by Gasteiger charge is -2.30. The molecule has 1 aromatic heterocycles. The lowest BCUT2D eigenvalue weighted by Crippen LogP contribution is -2.46. The van der Waals surface area contributed by atoms with Crippen molar-refractivity contribution in [1.29, 1.82) is 0 Å². The summed E-state index contributed by atoms with van der Waals surface area (Å²) in [5.74, 6) is 1.36. The standard InChI is InChI=1S/C44H65N9O4/c1-6-27-51(5)34-42(56)52(28-7-2)33-40(55)46-26-18-25-45-39(54)23-14-16-29-53-43(48-49-50-53)44(3,4)24-15-17-30-57-41-32-37(35-19-10-8-11-20-35)31-38(47-41)36-21-12-9-13-22-36/h8-13,19-22,31-32,49-50H,6-7,14-18,23-30,33-34H2,1-5H3,(H,45,54)(H,46,55). The van der Waals surface area contributed by atoms with Crippen molar-refractivity contribution < 1.29 is 19.1 Å². The highest BCUT2D eigenvalue weighted by atomic mass is 16.5. The number of amidine groups is 1. The maximum absolute atomic E-state index is 12.7. The fourth-order valence-electron chi connectivity index (χ4n) is 6.79. The van der Waals surface area contributed by atoms with Crippen LogP contribution < -0.4 is 26.4 Å². The lowest BCUT2D eigenvalue weighted by atomic mass is 9.85. The van der Waals surface area contributed by atoms with Crippen LogP contribution in [-0.4, -0.2) is 103 Å². The molecular weight excluding hydrogens is 719 g/mol. The van der Waals surface area contributed by atoms with Crippen LogP contribution in [-0.2, 0) is 14.4 Å². The van der Waals surface area contributed by atoms with E-state index in [0.717, 1.165) is 86.3 Å². The van der Waals surface area contributed by atoms with Crippen LogP contribution in [0.15, 0.2) is 77.9 Å². The SMILES string of the molecule is CCCN(C)CC(=O)N(CCC)CC(=O)NCCCNC(=O)CCCCN1NNN=C1C(C)(C)CCCCOc1cc(-c2ccccc2)cc(-c2ccccc2)n1. The molecule has 0 bridgehead atoms. The highest BCUT2D eigenvalue weighted by Crippen LogP contribution is 2.30. The number of carbonyl (C=O) groups is 3. The molecule has 2 heterocycles. The van der Waals surface area contributed by atoms with E-state index >= 15 is 0 Å². The van der Waals surface area contributed by atoms with Crippen molar-refractivity contribution in [1.82, 2.24) is 41.5 Å². The molecule has 310 valence electrons. The van der Waals surface area contributed by atoms with Crippen molar-refractivity contribution in [3.05, 3.63) is 72.8 Å². The fraction of sp³-hybridized carbons (Fsp3) is 0.523. The summed E-state index contributed by atoms with van der Waals surface area (Å²) in [6.07, 6.45) is 7.15. The molecule has 3 amide bonds. The summed E-state index contributed by atoms with van der Waals surface area (Å²) in [7, 11) is 1.92. The molecule has 0 spiro atoms. The molecule has 2 aromatic carbocycles. The third-order valence-electron chi connectivity index (χ3n) is 9.86. The first-order chi connectivity index (χ1) is 27.6. The number of amides is 3. The first-order valence-corrected chi connectivity index (χ1v) is 20.7. The van der Waals surface area contributed by atoms with Crippen molar-refractivity contribution in [3.63, 3.8) is 0 Å². The molecule has 0 aliphatic carbocycles. The highest BCUT2D eigenvalue weighted by Gasteiger charge is 2.32. The van der Waals surface area contributed by atoms with Gasteiger partial charge in [-0.2, -0.15) is 0 Å². The van der Waals surface area contributed by atoms with E-state index in [1.54, 1.807) is 4.90 Å². The van der Waals surface area contributed by atoms with Gasteiger partial charge in [0.25, 0.3) is 0 Å². The number of benzene rings is 2. The highest BCUT2D eigenvalue weighted by molar-refractivity contribution is 5.88. The molecular formula is C44H65N9O4. The molecule has 0 atom stereocenters. The Kier molecular flexibility index (Phi) is 18.8. The second kappa shape index (κ2) is 23.9. The number of hydrazine groups is 2. The second-order valence-corrected chi connectivity index (χ2v) is 15.4. The summed E-state index contributed by atoms with van der Waals surface area (Å²) in [6.45, 7) is 12.4. The predicted octanol–water partition coefficient (Wildman–Crippen LogP) is 6.00. The molecule has 0 saturated carbocycles. The van der Waals surface area contributed by atoms with E-state index < -0.39 is 0 Å². The Hall–Kier alpha value is -5.01. The number of nitrogens with one attached hydrogen (secondary N) is 4. The van der Waals surface area contributed by atoms with Crippen molar-refractivity contribution >= 4 is 23.6 Å². The molecule has 57 heavy (non-hydrogen) atoms. The van der Waals surface area contributed by atoms with Crippen LogP contribution in [0.2, 0.25) is 0 Å². The van der Waals surface area contributed by atoms with Gasteiger partial charge in [-0.25, -0.2) is 10.5 Å². The summed E-state index contributed by atoms with van der Waals surface area (Å²) < 4.78 is 6.23. The maximum Gasteiger partial charge on any atom is 0.239 e. The minimum atomic E-state index is -0.178.